The van der Waals surface area contributed by atoms with Gasteiger partial charge in [-0.25, -0.2) is 4.99 Å². The Morgan fingerprint density at radius 1 is 1.53 bits per heavy atom. The van der Waals surface area contributed by atoms with Gasteiger partial charge in [-0.2, -0.15) is 0 Å². The van der Waals surface area contributed by atoms with E-state index in [1.54, 1.807) is 19.9 Å². The predicted octanol–water partition coefficient (Wildman–Crippen LogP) is 1.70. The Balaban J connectivity index is 4.74. The molecule has 0 aromatic heterocycles. The van der Waals surface area contributed by atoms with Crippen molar-refractivity contribution in [3.8, 4) is 12.3 Å². The number of nitrogens with zero attached hydrogens (tertiary/aromatic N) is 1. The van der Waals surface area contributed by atoms with E-state index in [0.717, 1.165) is 18.4 Å². The third-order valence-electron chi connectivity index (χ3n) is 1.87. The lowest BCUT2D eigenvalue weighted by Crippen LogP contribution is -2.28. The third-order valence-corrected chi connectivity index (χ3v) is 1.87. The molecule has 1 amide bonds. The first kappa shape index (κ1) is 15.0. The summed E-state index contributed by atoms with van der Waals surface area (Å²) >= 11 is 0. The second kappa shape index (κ2) is 8.17. The predicted molar refractivity (Wildman–Crippen MR) is 71.0 cm³/mol. The van der Waals surface area contributed by atoms with Gasteiger partial charge < -0.3 is 11.1 Å². The average Bonchev–Trinajstić information content (AvgIpc) is 2.26. The Morgan fingerprint density at radius 2 is 2.18 bits per heavy atom. The molecule has 0 saturated carbocycles. The molecule has 0 rings (SSSR count). The zero-order chi connectivity index (χ0) is 13.3. The molecule has 4 heteroatoms. The average molecular weight is 233 g/mol. The van der Waals surface area contributed by atoms with Crippen LogP contribution >= 0.6 is 0 Å². The second-order valence-electron chi connectivity index (χ2n) is 3.68. The van der Waals surface area contributed by atoms with Crippen LogP contribution in [0.3, 0.4) is 0 Å². The highest BCUT2D eigenvalue weighted by Gasteiger charge is 2.09. The fraction of sp³-hybridized carbons (Fsp3) is 0.385. The van der Waals surface area contributed by atoms with Crippen molar-refractivity contribution in [2.45, 2.75) is 33.6 Å². The van der Waals surface area contributed by atoms with E-state index in [9.17, 15) is 4.79 Å². The van der Waals surface area contributed by atoms with Crippen LogP contribution in [-0.4, -0.2) is 12.1 Å². The molecule has 3 N–H and O–H groups in total. The largest absolute Gasteiger partial charge is 0.385 e. The fourth-order valence-electron chi connectivity index (χ4n) is 1.06. The molecular formula is C13H19N3O. The molecule has 0 unspecified atom stereocenters. The number of carbonyl (C=O) groups excluding carboxylic acids is 1. The van der Waals surface area contributed by atoms with Crippen molar-refractivity contribution in [2.24, 2.45) is 10.7 Å². The summed E-state index contributed by atoms with van der Waals surface area (Å²) in [5, 5.41) is 2.56. The summed E-state index contributed by atoms with van der Waals surface area (Å²) in [6.45, 7) is 5.60. The summed E-state index contributed by atoms with van der Waals surface area (Å²) in [7, 11) is 0. The first-order valence-corrected chi connectivity index (χ1v) is 5.46. The summed E-state index contributed by atoms with van der Waals surface area (Å²) in [5.74, 6) is 2.24. The minimum Gasteiger partial charge on any atom is -0.385 e. The lowest BCUT2D eigenvalue weighted by molar-refractivity contribution is -0.116. The van der Waals surface area contributed by atoms with E-state index >= 15 is 0 Å². The number of rotatable bonds is 5. The van der Waals surface area contributed by atoms with Crippen molar-refractivity contribution in [2.75, 3.05) is 0 Å². The van der Waals surface area contributed by atoms with Crippen LogP contribution in [0.1, 0.15) is 33.6 Å². The highest BCUT2D eigenvalue weighted by molar-refractivity contribution is 5.97. The van der Waals surface area contributed by atoms with Gasteiger partial charge in [-0.05, 0) is 31.9 Å². The van der Waals surface area contributed by atoms with Crippen LogP contribution < -0.4 is 11.1 Å². The minimum absolute atomic E-state index is 0.288. The van der Waals surface area contributed by atoms with Crippen LogP contribution in [0.2, 0.25) is 0 Å². The Labute approximate surface area is 103 Å². The van der Waals surface area contributed by atoms with E-state index in [0.29, 0.717) is 5.82 Å². The van der Waals surface area contributed by atoms with Gasteiger partial charge in [0.2, 0.25) is 0 Å². The maximum Gasteiger partial charge on any atom is 0.275 e. The van der Waals surface area contributed by atoms with Gasteiger partial charge >= 0.3 is 0 Å². The lowest BCUT2D eigenvalue weighted by Gasteiger charge is -2.06. The molecule has 4 nitrogen and oxygen atoms in total. The molecule has 0 bridgehead atoms. The van der Waals surface area contributed by atoms with Gasteiger partial charge in [0.25, 0.3) is 5.91 Å². The number of terminal acetylenes is 1. The Kier molecular flexibility index (Phi) is 7.20. The first-order valence-electron chi connectivity index (χ1n) is 5.46. The molecule has 0 aliphatic rings. The zero-order valence-electron chi connectivity index (χ0n) is 10.6. The number of allylic oxidation sites excluding steroid dienone is 2. The van der Waals surface area contributed by atoms with Gasteiger partial charge in [0.15, 0.2) is 0 Å². The lowest BCUT2D eigenvalue weighted by atomic mass is 10.2. The van der Waals surface area contributed by atoms with E-state index in [-0.39, 0.29) is 11.6 Å². The van der Waals surface area contributed by atoms with Crippen molar-refractivity contribution in [1.82, 2.24) is 5.32 Å². The van der Waals surface area contributed by atoms with Gasteiger partial charge in [0.1, 0.15) is 5.70 Å². The van der Waals surface area contributed by atoms with E-state index in [4.69, 9.17) is 12.2 Å². The summed E-state index contributed by atoms with van der Waals surface area (Å²) in [6.07, 6.45) is 9.86. The number of hydrogen-bond acceptors (Lipinski definition) is 3. The van der Waals surface area contributed by atoms with Crippen molar-refractivity contribution in [3.05, 3.63) is 23.2 Å². The highest BCUT2D eigenvalue weighted by Crippen LogP contribution is 2.05. The monoisotopic (exact) mass is 233 g/mol. The van der Waals surface area contributed by atoms with Crippen molar-refractivity contribution in [3.63, 3.8) is 0 Å². The number of unbranched alkanes of at least 4 members (excludes halogenated alkanes) is 1. The van der Waals surface area contributed by atoms with Gasteiger partial charge in [0, 0.05) is 0 Å². The van der Waals surface area contributed by atoms with E-state index < -0.39 is 0 Å². The smallest absolute Gasteiger partial charge is 0.275 e. The molecule has 0 aromatic rings. The van der Waals surface area contributed by atoms with Crippen molar-refractivity contribution >= 4 is 12.1 Å². The summed E-state index contributed by atoms with van der Waals surface area (Å²) in [6, 6.07) is 0. The topological polar surface area (TPSA) is 67.5 Å². The number of nitrogens with two attached hydrogens (primary N) is 1. The Hall–Kier alpha value is -2.02. The number of nitrogens with one attached hydrogen (secondary N) is 1. The summed E-state index contributed by atoms with van der Waals surface area (Å²) < 4.78 is 0. The second-order valence-corrected chi connectivity index (χ2v) is 3.68. The van der Waals surface area contributed by atoms with E-state index in [2.05, 4.69) is 16.2 Å². The van der Waals surface area contributed by atoms with Gasteiger partial charge in [-0.15, -0.1) is 6.42 Å². The van der Waals surface area contributed by atoms with Gasteiger partial charge in [-0.1, -0.05) is 19.3 Å². The SMILES string of the molecule is C#CC=NC(C(=O)N/C(N)=C/CCC)=C(C)C. The molecule has 0 heterocycles. The van der Waals surface area contributed by atoms with Crippen LogP contribution in [0, 0.1) is 12.3 Å². The van der Waals surface area contributed by atoms with Crippen LogP contribution in [0.5, 0.6) is 0 Å². The molecule has 0 saturated heterocycles. The van der Waals surface area contributed by atoms with Gasteiger partial charge in [-0.3, -0.25) is 4.79 Å². The van der Waals surface area contributed by atoms with Crippen LogP contribution in [0.15, 0.2) is 28.2 Å². The normalized spacial score (nSPS) is 11.1. The molecule has 0 atom stereocenters. The van der Waals surface area contributed by atoms with Crippen molar-refractivity contribution < 1.29 is 4.79 Å². The standard InChI is InChI=1S/C13H19N3O/c1-5-7-8-11(14)16-13(17)12(10(3)4)15-9-6-2/h2,8-9H,5,7,14H2,1,3-4H3,(H,16,17)/b11-8+,15-9?. The fourth-order valence-corrected chi connectivity index (χ4v) is 1.06. The quantitative estimate of drug-likeness (QED) is 0.431. The molecule has 0 aliphatic carbocycles. The maximum absolute atomic E-state index is 11.8. The van der Waals surface area contributed by atoms with E-state index in [1.807, 2.05) is 6.92 Å². The number of carbonyl (C=O) groups is 1. The minimum atomic E-state index is -0.346. The zero-order valence-corrected chi connectivity index (χ0v) is 10.6. The molecule has 92 valence electrons. The van der Waals surface area contributed by atoms with Crippen molar-refractivity contribution in [1.29, 1.82) is 0 Å². The number of amides is 1. The maximum atomic E-state index is 11.8. The Morgan fingerprint density at radius 3 is 2.65 bits per heavy atom. The van der Waals surface area contributed by atoms with Crippen LogP contribution in [0.4, 0.5) is 0 Å². The molecule has 17 heavy (non-hydrogen) atoms. The first-order chi connectivity index (χ1) is 8.02. The molecule has 0 aromatic carbocycles. The third kappa shape index (κ3) is 6.21. The Bertz CT molecular complexity index is 393. The van der Waals surface area contributed by atoms with E-state index in [1.165, 1.54) is 6.21 Å². The summed E-state index contributed by atoms with van der Waals surface area (Å²) in [4.78, 5) is 15.7. The summed E-state index contributed by atoms with van der Waals surface area (Å²) in [5.41, 5.74) is 6.70. The number of hydrogen-bond donors (Lipinski definition) is 2. The highest BCUT2D eigenvalue weighted by atomic mass is 16.2. The molecule has 0 aliphatic heterocycles. The van der Waals surface area contributed by atoms with Crippen LogP contribution in [-0.2, 0) is 4.79 Å². The molecule has 0 spiro atoms. The number of aliphatic imine (C=N–C) groups is 1. The van der Waals surface area contributed by atoms with Crippen LogP contribution in [0.25, 0.3) is 0 Å². The van der Waals surface area contributed by atoms with Gasteiger partial charge in [0.05, 0.1) is 12.0 Å². The molecular weight excluding hydrogens is 214 g/mol. The molecule has 0 radical (unpaired) electrons. The molecule has 0 fully saturated rings.